The fourth-order valence-corrected chi connectivity index (χ4v) is 6.04. The average molecular weight is 409 g/mol. The van der Waals surface area contributed by atoms with E-state index < -0.39 is 0 Å². The van der Waals surface area contributed by atoms with Gasteiger partial charge in [-0.15, -0.1) is 0 Å². The topological polar surface area (TPSA) is 0 Å². The van der Waals surface area contributed by atoms with Gasteiger partial charge in [0.15, 0.2) is 0 Å². The van der Waals surface area contributed by atoms with E-state index in [1.165, 1.54) is 108 Å². The monoisotopic (exact) mass is 408 g/mol. The molecule has 0 aromatic heterocycles. The van der Waals surface area contributed by atoms with Crippen molar-refractivity contribution in [2.45, 2.75) is 122 Å². The van der Waals surface area contributed by atoms with Gasteiger partial charge in [-0.05, 0) is 99.0 Å². The van der Waals surface area contributed by atoms with E-state index >= 15 is 0 Å². The van der Waals surface area contributed by atoms with Gasteiger partial charge in [0, 0.05) is 0 Å². The van der Waals surface area contributed by atoms with Gasteiger partial charge in [-0.2, -0.15) is 0 Å². The van der Waals surface area contributed by atoms with Crippen LogP contribution in [-0.4, -0.2) is 0 Å². The summed E-state index contributed by atoms with van der Waals surface area (Å²) in [5.41, 5.74) is 3.12. The Bertz CT molecular complexity index is 579. The molecular formula is C30H48. The minimum atomic E-state index is 0.823. The zero-order valence-corrected chi connectivity index (χ0v) is 20.1. The Morgan fingerprint density at radius 1 is 0.733 bits per heavy atom. The van der Waals surface area contributed by atoms with Crippen LogP contribution in [0.5, 0.6) is 0 Å². The van der Waals surface area contributed by atoms with E-state index in [0.29, 0.717) is 0 Å². The molecule has 0 bridgehead atoms. The van der Waals surface area contributed by atoms with Crippen LogP contribution in [0.2, 0.25) is 0 Å². The van der Waals surface area contributed by atoms with Gasteiger partial charge in [0.2, 0.25) is 0 Å². The molecule has 0 radical (unpaired) electrons. The zero-order valence-electron chi connectivity index (χ0n) is 20.1. The van der Waals surface area contributed by atoms with E-state index in [0.717, 1.165) is 23.7 Å². The molecule has 2 saturated carbocycles. The first-order chi connectivity index (χ1) is 14.8. The average Bonchev–Trinajstić information content (AvgIpc) is 2.79. The predicted molar refractivity (Wildman–Crippen MR) is 133 cm³/mol. The third kappa shape index (κ3) is 7.90. The molecule has 3 rings (SSSR count). The lowest BCUT2D eigenvalue weighted by atomic mass is 9.77. The van der Waals surface area contributed by atoms with Gasteiger partial charge in [0.05, 0.1) is 0 Å². The SMILES string of the molecule is CCCCC[C@H]1CC[C@H](c2ccc(CCC=C[C@H]3CC[C@H](CCC)CC3)cc2)CC1. The Labute approximate surface area is 187 Å². The summed E-state index contributed by atoms with van der Waals surface area (Å²) in [7, 11) is 0. The van der Waals surface area contributed by atoms with Gasteiger partial charge in [-0.25, -0.2) is 0 Å². The molecule has 2 aliphatic rings. The summed E-state index contributed by atoms with van der Waals surface area (Å²) in [6, 6.07) is 9.70. The largest absolute Gasteiger partial charge is 0.0879 e. The van der Waals surface area contributed by atoms with Crippen molar-refractivity contribution in [3.8, 4) is 0 Å². The van der Waals surface area contributed by atoms with Crippen molar-refractivity contribution >= 4 is 0 Å². The molecule has 0 aliphatic heterocycles. The molecule has 2 aliphatic carbocycles. The fraction of sp³-hybridized carbons (Fsp3) is 0.733. The second-order valence-corrected chi connectivity index (χ2v) is 10.5. The summed E-state index contributed by atoms with van der Waals surface area (Å²) in [6.45, 7) is 4.65. The van der Waals surface area contributed by atoms with Crippen molar-refractivity contribution in [2.75, 3.05) is 0 Å². The van der Waals surface area contributed by atoms with E-state index in [-0.39, 0.29) is 0 Å². The molecule has 0 amide bonds. The molecule has 168 valence electrons. The van der Waals surface area contributed by atoms with Crippen LogP contribution in [0.15, 0.2) is 36.4 Å². The van der Waals surface area contributed by atoms with Crippen LogP contribution >= 0.6 is 0 Å². The predicted octanol–water partition coefficient (Wildman–Crippen LogP) is 9.64. The first kappa shape index (κ1) is 23.6. The van der Waals surface area contributed by atoms with Crippen LogP contribution in [0.25, 0.3) is 0 Å². The molecule has 0 nitrogen and oxygen atoms in total. The highest BCUT2D eigenvalue weighted by atomic mass is 14.3. The third-order valence-electron chi connectivity index (χ3n) is 8.11. The van der Waals surface area contributed by atoms with Gasteiger partial charge >= 0.3 is 0 Å². The summed E-state index contributed by atoms with van der Waals surface area (Å²) >= 11 is 0. The molecule has 0 saturated heterocycles. The van der Waals surface area contributed by atoms with Gasteiger partial charge in [0.25, 0.3) is 0 Å². The van der Waals surface area contributed by atoms with Crippen LogP contribution in [0, 0.1) is 17.8 Å². The quantitative estimate of drug-likeness (QED) is 0.252. The van der Waals surface area contributed by atoms with Crippen LogP contribution in [0.3, 0.4) is 0 Å². The molecule has 1 aromatic rings. The third-order valence-corrected chi connectivity index (χ3v) is 8.11. The standard InChI is InChI=1S/C30H48/c1-3-5-6-10-27-17-21-29(22-18-27)30-23-19-28(20-24-30)12-8-7-11-26-15-13-25(9-4-2)14-16-26/h7,11,19-20,23-27,29H,3-6,8-10,12-18,21-22H2,1-2H3/t25-,26-,27-,29-. The number of allylic oxidation sites excluding steroid dienone is 2. The molecule has 0 spiro atoms. The van der Waals surface area contributed by atoms with Crippen molar-refractivity contribution in [3.63, 3.8) is 0 Å². The smallest absolute Gasteiger partial charge is 0.0162 e. The Morgan fingerprint density at radius 2 is 1.40 bits per heavy atom. The Balaban J connectivity index is 1.33. The first-order valence-corrected chi connectivity index (χ1v) is 13.5. The lowest BCUT2D eigenvalue weighted by Crippen LogP contribution is -2.13. The second-order valence-electron chi connectivity index (χ2n) is 10.5. The van der Waals surface area contributed by atoms with Crippen molar-refractivity contribution in [2.24, 2.45) is 17.8 Å². The zero-order chi connectivity index (χ0) is 21.0. The lowest BCUT2D eigenvalue weighted by molar-refractivity contribution is 0.294. The number of hydrogen-bond acceptors (Lipinski definition) is 0. The van der Waals surface area contributed by atoms with Crippen molar-refractivity contribution in [1.82, 2.24) is 0 Å². The molecule has 2 fully saturated rings. The summed E-state index contributed by atoms with van der Waals surface area (Å²) in [6.07, 6.45) is 27.5. The van der Waals surface area contributed by atoms with Crippen LogP contribution in [0.1, 0.15) is 127 Å². The van der Waals surface area contributed by atoms with E-state index in [1.807, 2.05) is 0 Å². The molecule has 1 aromatic carbocycles. The van der Waals surface area contributed by atoms with Gasteiger partial charge in [0.1, 0.15) is 0 Å². The fourth-order valence-electron chi connectivity index (χ4n) is 6.04. The maximum atomic E-state index is 2.54. The summed E-state index contributed by atoms with van der Waals surface area (Å²) in [5.74, 6) is 3.72. The number of aryl methyl sites for hydroxylation is 1. The van der Waals surface area contributed by atoms with Crippen LogP contribution in [-0.2, 0) is 6.42 Å². The van der Waals surface area contributed by atoms with Gasteiger partial charge in [-0.1, -0.05) is 88.8 Å². The van der Waals surface area contributed by atoms with E-state index in [2.05, 4.69) is 50.3 Å². The van der Waals surface area contributed by atoms with Gasteiger partial charge < -0.3 is 0 Å². The van der Waals surface area contributed by atoms with E-state index in [9.17, 15) is 0 Å². The summed E-state index contributed by atoms with van der Waals surface area (Å²) in [5, 5.41) is 0. The van der Waals surface area contributed by atoms with Crippen molar-refractivity contribution in [3.05, 3.63) is 47.5 Å². The number of unbranched alkanes of at least 4 members (excludes halogenated alkanes) is 2. The van der Waals surface area contributed by atoms with Crippen LogP contribution < -0.4 is 0 Å². The van der Waals surface area contributed by atoms with Gasteiger partial charge in [-0.3, -0.25) is 0 Å². The minimum absolute atomic E-state index is 0.823. The molecule has 0 atom stereocenters. The van der Waals surface area contributed by atoms with Crippen molar-refractivity contribution in [1.29, 1.82) is 0 Å². The van der Waals surface area contributed by atoms with E-state index in [4.69, 9.17) is 0 Å². The molecule has 0 N–H and O–H groups in total. The highest BCUT2D eigenvalue weighted by Gasteiger charge is 2.22. The normalized spacial score (nSPS) is 27.5. The molecule has 0 heterocycles. The molecule has 0 unspecified atom stereocenters. The van der Waals surface area contributed by atoms with Crippen LogP contribution in [0.4, 0.5) is 0 Å². The summed E-state index contributed by atoms with van der Waals surface area (Å²) in [4.78, 5) is 0. The highest BCUT2D eigenvalue weighted by Crippen LogP contribution is 2.38. The number of hydrogen-bond donors (Lipinski definition) is 0. The summed E-state index contributed by atoms with van der Waals surface area (Å²) < 4.78 is 0. The lowest BCUT2D eigenvalue weighted by Gasteiger charge is -2.29. The van der Waals surface area contributed by atoms with Crippen molar-refractivity contribution < 1.29 is 0 Å². The molecular weight excluding hydrogens is 360 g/mol. The maximum Gasteiger partial charge on any atom is -0.0162 e. The Hall–Kier alpha value is -1.04. The molecule has 30 heavy (non-hydrogen) atoms. The molecule has 0 heteroatoms. The first-order valence-electron chi connectivity index (χ1n) is 13.5. The second kappa shape index (κ2) is 13.4. The number of rotatable bonds is 11. The number of benzene rings is 1. The Kier molecular flexibility index (Phi) is 10.5. The highest BCUT2D eigenvalue weighted by molar-refractivity contribution is 5.26. The Morgan fingerprint density at radius 3 is 2.07 bits per heavy atom. The van der Waals surface area contributed by atoms with E-state index in [1.54, 1.807) is 5.56 Å². The maximum absolute atomic E-state index is 2.54. The minimum Gasteiger partial charge on any atom is -0.0879 e.